The summed E-state index contributed by atoms with van der Waals surface area (Å²) < 4.78 is 0. The molecule has 5 heteroatoms. The number of carboxylic acid groups (broad SMARTS) is 1. The van der Waals surface area contributed by atoms with Crippen molar-refractivity contribution in [2.75, 3.05) is 11.9 Å². The van der Waals surface area contributed by atoms with E-state index in [4.69, 9.17) is 16.7 Å². The van der Waals surface area contributed by atoms with Gasteiger partial charge in [-0.25, -0.2) is 4.79 Å². The maximum Gasteiger partial charge on any atom is 0.337 e. The van der Waals surface area contributed by atoms with Gasteiger partial charge in [0, 0.05) is 35.6 Å². The summed E-state index contributed by atoms with van der Waals surface area (Å²) in [5.41, 5.74) is 1.70. The topological polar surface area (TPSA) is 62.2 Å². The number of hydrogen-bond donors (Lipinski definition) is 2. The van der Waals surface area contributed by atoms with Crippen molar-refractivity contribution in [1.82, 2.24) is 4.98 Å². The maximum atomic E-state index is 11.1. The van der Waals surface area contributed by atoms with Crippen molar-refractivity contribution in [2.45, 2.75) is 6.42 Å². The first-order valence-electron chi connectivity index (χ1n) is 5.83. The second kappa shape index (κ2) is 6.20. The van der Waals surface area contributed by atoms with Gasteiger partial charge in [-0.1, -0.05) is 17.7 Å². The van der Waals surface area contributed by atoms with Gasteiger partial charge in [-0.3, -0.25) is 4.98 Å². The van der Waals surface area contributed by atoms with Gasteiger partial charge in [-0.15, -0.1) is 0 Å². The highest BCUT2D eigenvalue weighted by Gasteiger charge is 2.10. The molecule has 0 unspecified atom stereocenters. The predicted octanol–water partition coefficient (Wildman–Crippen LogP) is 3.09. The van der Waals surface area contributed by atoms with Gasteiger partial charge in [-0.2, -0.15) is 0 Å². The van der Waals surface area contributed by atoms with Crippen molar-refractivity contribution in [3.05, 3.63) is 58.9 Å². The van der Waals surface area contributed by atoms with Crippen LogP contribution in [0.4, 0.5) is 5.69 Å². The molecule has 0 aliphatic carbocycles. The zero-order valence-corrected chi connectivity index (χ0v) is 10.9. The summed E-state index contributed by atoms with van der Waals surface area (Å²) in [6.07, 6.45) is 2.46. The van der Waals surface area contributed by atoms with Crippen LogP contribution in [0.1, 0.15) is 16.1 Å². The average Bonchev–Trinajstić information content (AvgIpc) is 2.41. The summed E-state index contributed by atoms with van der Waals surface area (Å²) in [7, 11) is 0. The molecule has 98 valence electrons. The molecule has 1 heterocycles. The van der Waals surface area contributed by atoms with Crippen LogP contribution in [0.15, 0.2) is 42.6 Å². The summed E-state index contributed by atoms with van der Waals surface area (Å²) in [5, 5.41) is 12.6. The SMILES string of the molecule is O=C(O)c1cc(Cl)ccc1NCCc1ccccn1. The molecule has 0 amide bonds. The molecule has 0 radical (unpaired) electrons. The molecule has 0 aliphatic rings. The van der Waals surface area contributed by atoms with Gasteiger partial charge >= 0.3 is 5.97 Å². The number of carboxylic acids is 1. The van der Waals surface area contributed by atoms with Crippen molar-refractivity contribution in [1.29, 1.82) is 0 Å². The van der Waals surface area contributed by atoms with Gasteiger partial charge in [0.1, 0.15) is 0 Å². The van der Waals surface area contributed by atoms with E-state index >= 15 is 0 Å². The third kappa shape index (κ3) is 3.69. The molecule has 0 fully saturated rings. The van der Waals surface area contributed by atoms with Crippen LogP contribution in [0.2, 0.25) is 5.02 Å². The lowest BCUT2D eigenvalue weighted by Gasteiger charge is -2.09. The molecule has 0 aliphatic heterocycles. The van der Waals surface area contributed by atoms with Crippen molar-refractivity contribution in [3.8, 4) is 0 Å². The second-order valence-corrected chi connectivity index (χ2v) is 4.43. The van der Waals surface area contributed by atoms with Gasteiger partial charge in [0.25, 0.3) is 0 Å². The van der Waals surface area contributed by atoms with Crippen molar-refractivity contribution < 1.29 is 9.90 Å². The van der Waals surface area contributed by atoms with E-state index in [0.717, 1.165) is 12.1 Å². The summed E-state index contributed by atoms with van der Waals surface area (Å²) in [6, 6.07) is 10.5. The summed E-state index contributed by atoms with van der Waals surface area (Å²) in [4.78, 5) is 15.3. The van der Waals surface area contributed by atoms with Crippen LogP contribution in [-0.4, -0.2) is 22.6 Å². The Hall–Kier alpha value is -2.07. The summed E-state index contributed by atoms with van der Waals surface area (Å²) in [6.45, 7) is 0.610. The average molecular weight is 277 g/mol. The normalized spacial score (nSPS) is 10.2. The van der Waals surface area contributed by atoms with E-state index in [2.05, 4.69) is 10.3 Å². The number of nitrogens with zero attached hydrogens (tertiary/aromatic N) is 1. The number of benzene rings is 1. The van der Waals surface area contributed by atoms with Gasteiger partial charge in [0.05, 0.1) is 5.56 Å². The molecule has 0 saturated carbocycles. The highest BCUT2D eigenvalue weighted by molar-refractivity contribution is 6.31. The molecule has 1 aromatic heterocycles. The first-order chi connectivity index (χ1) is 9.16. The lowest BCUT2D eigenvalue weighted by Crippen LogP contribution is -2.10. The van der Waals surface area contributed by atoms with Gasteiger partial charge in [0.15, 0.2) is 0 Å². The Bertz CT molecular complexity index is 573. The molecular weight excluding hydrogens is 264 g/mol. The van der Waals surface area contributed by atoms with E-state index in [-0.39, 0.29) is 5.56 Å². The Kier molecular flexibility index (Phi) is 4.36. The van der Waals surface area contributed by atoms with Crippen molar-refractivity contribution >= 4 is 23.3 Å². The second-order valence-electron chi connectivity index (χ2n) is 3.99. The minimum Gasteiger partial charge on any atom is -0.478 e. The zero-order valence-electron chi connectivity index (χ0n) is 10.1. The number of halogens is 1. The van der Waals surface area contributed by atoms with Gasteiger partial charge in [-0.05, 0) is 30.3 Å². The Balaban J connectivity index is 2.02. The number of anilines is 1. The zero-order chi connectivity index (χ0) is 13.7. The van der Waals surface area contributed by atoms with Crippen molar-refractivity contribution in [2.24, 2.45) is 0 Å². The van der Waals surface area contributed by atoms with Crippen LogP contribution in [0.3, 0.4) is 0 Å². The molecule has 1 aromatic carbocycles. The number of aromatic nitrogens is 1. The molecule has 19 heavy (non-hydrogen) atoms. The van der Waals surface area contributed by atoms with Crippen LogP contribution in [0.25, 0.3) is 0 Å². The number of nitrogens with one attached hydrogen (secondary N) is 1. The van der Waals surface area contributed by atoms with E-state index < -0.39 is 5.97 Å². The Morgan fingerprint density at radius 3 is 2.84 bits per heavy atom. The fourth-order valence-electron chi connectivity index (χ4n) is 1.72. The number of aromatic carboxylic acids is 1. The third-order valence-corrected chi connectivity index (χ3v) is 2.87. The van der Waals surface area contributed by atoms with Crippen LogP contribution < -0.4 is 5.32 Å². The molecule has 0 saturated heterocycles. The smallest absolute Gasteiger partial charge is 0.337 e. The van der Waals surface area contributed by atoms with E-state index in [1.165, 1.54) is 6.07 Å². The Morgan fingerprint density at radius 1 is 1.32 bits per heavy atom. The largest absolute Gasteiger partial charge is 0.478 e. The van der Waals surface area contributed by atoms with Gasteiger partial charge < -0.3 is 10.4 Å². The molecule has 0 spiro atoms. The van der Waals surface area contributed by atoms with E-state index in [9.17, 15) is 4.79 Å². The number of rotatable bonds is 5. The monoisotopic (exact) mass is 276 g/mol. The van der Waals surface area contributed by atoms with E-state index in [0.29, 0.717) is 17.3 Å². The van der Waals surface area contributed by atoms with E-state index in [1.807, 2.05) is 18.2 Å². The first-order valence-corrected chi connectivity index (χ1v) is 6.21. The van der Waals surface area contributed by atoms with E-state index in [1.54, 1.807) is 18.3 Å². The highest BCUT2D eigenvalue weighted by Crippen LogP contribution is 2.20. The number of pyridine rings is 1. The minimum atomic E-state index is -0.997. The lowest BCUT2D eigenvalue weighted by atomic mass is 10.1. The number of carbonyl (C=O) groups is 1. The molecule has 0 bridgehead atoms. The molecule has 2 aromatic rings. The lowest BCUT2D eigenvalue weighted by molar-refractivity contribution is 0.0698. The quantitative estimate of drug-likeness (QED) is 0.881. The van der Waals surface area contributed by atoms with Crippen LogP contribution in [0, 0.1) is 0 Å². The van der Waals surface area contributed by atoms with Crippen LogP contribution in [-0.2, 0) is 6.42 Å². The molecule has 2 rings (SSSR count). The Morgan fingerprint density at radius 2 is 2.16 bits per heavy atom. The first kappa shape index (κ1) is 13.4. The summed E-state index contributed by atoms with van der Waals surface area (Å²) >= 11 is 5.79. The number of hydrogen-bond acceptors (Lipinski definition) is 3. The predicted molar refractivity (Wildman–Crippen MR) is 74.8 cm³/mol. The van der Waals surface area contributed by atoms with Gasteiger partial charge in [0.2, 0.25) is 0 Å². The fraction of sp³-hybridized carbons (Fsp3) is 0.143. The molecule has 2 N–H and O–H groups in total. The highest BCUT2D eigenvalue weighted by atomic mass is 35.5. The standard InChI is InChI=1S/C14H13ClN2O2/c15-10-4-5-13(12(9-10)14(18)19)17-8-6-11-3-1-2-7-16-11/h1-5,7,9,17H,6,8H2,(H,18,19). The summed E-state index contributed by atoms with van der Waals surface area (Å²) in [5.74, 6) is -0.997. The molecule has 0 atom stereocenters. The fourth-order valence-corrected chi connectivity index (χ4v) is 1.89. The third-order valence-electron chi connectivity index (χ3n) is 2.63. The van der Waals surface area contributed by atoms with Crippen LogP contribution >= 0.6 is 11.6 Å². The van der Waals surface area contributed by atoms with Crippen LogP contribution in [0.5, 0.6) is 0 Å². The van der Waals surface area contributed by atoms with Crippen molar-refractivity contribution in [3.63, 3.8) is 0 Å². The maximum absolute atomic E-state index is 11.1. The molecule has 4 nitrogen and oxygen atoms in total. The molecular formula is C14H13ClN2O2. The minimum absolute atomic E-state index is 0.175. The Labute approximate surface area is 116 Å².